The van der Waals surface area contributed by atoms with Gasteiger partial charge in [-0.1, -0.05) is 0 Å². The van der Waals surface area contributed by atoms with Crippen LogP contribution in [0.15, 0.2) is 12.1 Å². The van der Waals surface area contributed by atoms with Gasteiger partial charge in [-0.3, -0.25) is 14.5 Å². The van der Waals surface area contributed by atoms with E-state index in [1.807, 2.05) is 0 Å². The normalized spacial score (nSPS) is 14.5. The average Bonchev–Trinajstić information content (AvgIpc) is 2.67. The van der Waals surface area contributed by atoms with Crippen LogP contribution in [0.1, 0.15) is 6.92 Å². The summed E-state index contributed by atoms with van der Waals surface area (Å²) in [5.41, 5.74) is -0.515. The molecule has 0 aromatic heterocycles. The second-order valence-corrected chi connectivity index (χ2v) is 6.16. The fourth-order valence-corrected chi connectivity index (χ4v) is 2.68. The Balaban J connectivity index is 1.72. The minimum atomic E-state index is -1.69. The number of carbonyl (C=O) groups is 3. The third-order valence-electron chi connectivity index (χ3n) is 4.16. The van der Waals surface area contributed by atoms with E-state index in [9.17, 15) is 27.6 Å². The topological polar surface area (TPSA) is 92.2 Å². The van der Waals surface area contributed by atoms with Crippen LogP contribution >= 0.6 is 0 Å². The largest absolute Gasteiger partial charge is 0.450 e. The van der Waals surface area contributed by atoms with Gasteiger partial charge in [-0.25, -0.2) is 18.0 Å². The van der Waals surface area contributed by atoms with E-state index in [0.717, 1.165) is 11.0 Å². The highest BCUT2D eigenvalue weighted by Crippen LogP contribution is 2.19. The summed E-state index contributed by atoms with van der Waals surface area (Å²) in [5, 5.41) is 4.45. The van der Waals surface area contributed by atoms with Gasteiger partial charge in [0, 0.05) is 0 Å². The van der Waals surface area contributed by atoms with Crippen molar-refractivity contribution in [3.8, 4) is 0 Å². The molecule has 28 heavy (non-hydrogen) atoms. The number of piperazine rings is 1. The number of rotatable bonds is 6. The molecule has 0 atom stereocenters. The number of nitrogens with one attached hydrogen (secondary N) is 3. The number of nitrogens with zero attached hydrogens (tertiary/aromatic N) is 1. The summed E-state index contributed by atoms with van der Waals surface area (Å²) in [6, 6.07) is 1.58. The fraction of sp³-hybridized carbons (Fsp3) is 0.471. The first kappa shape index (κ1) is 21.5. The van der Waals surface area contributed by atoms with Gasteiger partial charge in [0.25, 0.3) is 5.91 Å². The van der Waals surface area contributed by atoms with E-state index in [4.69, 9.17) is 4.74 Å². The number of ether oxygens (including phenoxy) is 1. The molecule has 0 bridgehead atoms. The molecule has 11 heteroatoms. The van der Waals surface area contributed by atoms with Gasteiger partial charge < -0.3 is 20.3 Å². The lowest BCUT2D eigenvalue weighted by Gasteiger charge is -2.31. The number of benzene rings is 1. The molecule has 1 heterocycles. The summed E-state index contributed by atoms with van der Waals surface area (Å²) in [4.78, 5) is 37.8. The number of quaternary nitrogens is 1. The SMILES string of the molecule is CCOC(=O)N1CC[NH+](CC(=O)NCC(=O)Nc2ccc(F)c(F)c2F)CC1. The van der Waals surface area contributed by atoms with Gasteiger partial charge in [0.05, 0.1) is 45.0 Å². The van der Waals surface area contributed by atoms with Crippen LogP contribution in [0.4, 0.5) is 23.7 Å². The minimum absolute atomic E-state index is 0.101. The maximum absolute atomic E-state index is 13.5. The van der Waals surface area contributed by atoms with Gasteiger partial charge in [-0.05, 0) is 19.1 Å². The average molecular weight is 403 g/mol. The Morgan fingerprint density at radius 1 is 1.11 bits per heavy atom. The van der Waals surface area contributed by atoms with Crippen molar-refractivity contribution in [3.05, 3.63) is 29.6 Å². The summed E-state index contributed by atoms with van der Waals surface area (Å²) in [6.07, 6.45) is -0.382. The molecular weight excluding hydrogens is 381 g/mol. The number of amides is 3. The first-order chi connectivity index (χ1) is 13.3. The van der Waals surface area contributed by atoms with Crippen LogP contribution in [0, 0.1) is 17.5 Å². The second kappa shape index (κ2) is 9.93. The minimum Gasteiger partial charge on any atom is -0.450 e. The number of halogens is 3. The van der Waals surface area contributed by atoms with E-state index in [0.29, 0.717) is 38.9 Å². The molecule has 3 amide bonds. The van der Waals surface area contributed by atoms with E-state index in [1.54, 1.807) is 11.8 Å². The third kappa shape index (κ3) is 5.84. The smallest absolute Gasteiger partial charge is 0.410 e. The van der Waals surface area contributed by atoms with Gasteiger partial charge in [0.1, 0.15) is 0 Å². The summed E-state index contributed by atoms with van der Waals surface area (Å²) in [6.45, 7) is 3.69. The number of anilines is 1. The Hall–Kier alpha value is -2.82. The van der Waals surface area contributed by atoms with E-state index < -0.39 is 41.5 Å². The Morgan fingerprint density at radius 2 is 1.79 bits per heavy atom. The van der Waals surface area contributed by atoms with E-state index in [2.05, 4.69) is 10.6 Å². The summed E-state index contributed by atoms with van der Waals surface area (Å²) >= 11 is 0. The van der Waals surface area contributed by atoms with Crippen LogP contribution in [0.3, 0.4) is 0 Å². The molecule has 0 unspecified atom stereocenters. The highest BCUT2D eigenvalue weighted by atomic mass is 19.2. The zero-order chi connectivity index (χ0) is 20.7. The number of hydrogen-bond donors (Lipinski definition) is 3. The quantitative estimate of drug-likeness (QED) is 0.560. The first-order valence-electron chi connectivity index (χ1n) is 8.77. The van der Waals surface area contributed by atoms with Crippen molar-refractivity contribution >= 4 is 23.6 Å². The van der Waals surface area contributed by atoms with Crippen molar-refractivity contribution in [1.82, 2.24) is 10.2 Å². The first-order valence-corrected chi connectivity index (χ1v) is 8.77. The molecule has 1 aliphatic heterocycles. The van der Waals surface area contributed by atoms with E-state index >= 15 is 0 Å². The fourth-order valence-electron chi connectivity index (χ4n) is 2.68. The summed E-state index contributed by atoms with van der Waals surface area (Å²) in [7, 11) is 0. The Labute approximate surface area is 159 Å². The van der Waals surface area contributed by atoms with E-state index in [-0.39, 0.29) is 12.6 Å². The van der Waals surface area contributed by atoms with Crippen LogP contribution in [0.25, 0.3) is 0 Å². The maximum Gasteiger partial charge on any atom is 0.410 e. The van der Waals surface area contributed by atoms with Gasteiger partial charge in [-0.15, -0.1) is 0 Å². The zero-order valence-electron chi connectivity index (χ0n) is 15.3. The van der Waals surface area contributed by atoms with Gasteiger partial charge in [0.15, 0.2) is 24.0 Å². The molecular formula is C17H22F3N4O4+. The van der Waals surface area contributed by atoms with Crippen molar-refractivity contribution in [2.24, 2.45) is 0 Å². The standard InChI is InChI=1S/C17H21F3N4O4/c1-2-28-17(27)24-7-5-23(6-8-24)10-14(26)21-9-13(25)22-12-4-3-11(18)15(19)16(12)20/h3-4H,2,5-10H2,1H3,(H,21,26)(H,22,25)/p+1. The molecule has 1 aromatic rings. The lowest BCUT2D eigenvalue weighted by molar-refractivity contribution is -0.896. The highest BCUT2D eigenvalue weighted by Gasteiger charge is 2.26. The molecule has 0 radical (unpaired) electrons. The van der Waals surface area contributed by atoms with Crippen molar-refractivity contribution in [2.75, 3.05) is 51.2 Å². The van der Waals surface area contributed by atoms with Crippen molar-refractivity contribution in [1.29, 1.82) is 0 Å². The van der Waals surface area contributed by atoms with Crippen LogP contribution in [-0.2, 0) is 14.3 Å². The number of hydrogen-bond acceptors (Lipinski definition) is 4. The predicted molar refractivity (Wildman–Crippen MR) is 92.1 cm³/mol. The van der Waals surface area contributed by atoms with Crippen LogP contribution in [0.2, 0.25) is 0 Å². The van der Waals surface area contributed by atoms with Crippen LogP contribution in [0.5, 0.6) is 0 Å². The molecule has 154 valence electrons. The maximum atomic E-state index is 13.5. The van der Waals surface area contributed by atoms with Crippen LogP contribution < -0.4 is 15.5 Å². The highest BCUT2D eigenvalue weighted by molar-refractivity contribution is 5.94. The Morgan fingerprint density at radius 3 is 2.43 bits per heavy atom. The molecule has 8 nitrogen and oxygen atoms in total. The molecule has 1 saturated heterocycles. The lowest BCUT2D eigenvalue weighted by atomic mass is 10.2. The van der Waals surface area contributed by atoms with Gasteiger partial charge in [-0.2, -0.15) is 0 Å². The predicted octanol–water partition coefficient (Wildman–Crippen LogP) is -0.484. The zero-order valence-corrected chi connectivity index (χ0v) is 15.3. The monoisotopic (exact) mass is 403 g/mol. The van der Waals surface area contributed by atoms with Crippen molar-refractivity contribution in [2.45, 2.75) is 6.92 Å². The van der Waals surface area contributed by atoms with Crippen LogP contribution in [-0.4, -0.2) is 68.7 Å². The summed E-state index contributed by atoms with van der Waals surface area (Å²) < 4.78 is 44.4. The molecule has 1 aliphatic rings. The Kier molecular flexibility index (Phi) is 7.61. The third-order valence-corrected chi connectivity index (χ3v) is 4.16. The molecule has 2 rings (SSSR count). The molecule has 0 spiro atoms. The molecule has 0 aliphatic carbocycles. The summed E-state index contributed by atoms with van der Waals surface area (Å²) in [5.74, 6) is -5.74. The molecule has 0 saturated carbocycles. The van der Waals surface area contributed by atoms with Crippen molar-refractivity contribution < 1.29 is 37.2 Å². The molecule has 1 aromatic carbocycles. The lowest BCUT2D eigenvalue weighted by Crippen LogP contribution is -3.15. The van der Waals surface area contributed by atoms with E-state index in [1.165, 1.54) is 0 Å². The molecule has 1 fully saturated rings. The second-order valence-electron chi connectivity index (χ2n) is 6.16. The van der Waals surface area contributed by atoms with Gasteiger partial charge in [0.2, 0.25) is 5.91 Å². The van der Waals surface area contributed by atoms with Gasteiger partial charge >= 0.3 is 6.09 Å². The number of carbonyl (C=O) groups excluding carboxylic acids is 3. The van der Waals surface area contributed by atoms with Crippen molar-refractivity contribution in [3.63, 3.8) is 0 Å². The molecule has 3 N–H and O–H groups in total. The Bertz CT molecular complexity index is 739.